The van der Waals surface area contributed by atoms with Crippen LogP contribution in [-0.4, -0.2) is 39.8 Å². The molecule has 158 valence electrons. The molecule has 2 rings (SSSR count). The average molecular weight is 448 g/mol. The quantitative estimate of drug-likeness (QED) is 0.183. The van der Waals surface area contributed by atoms with Crippen molar-refractivity contribution in [1.82, 2.24) is 0 Å². The van der Waals surface area contributed by atoms with E-state index >= 15 is 0 Å². The fraction of sp³-hybridized carbons (Fsp3) is 0.250. The van der Waals surface area contributed by atoms with Gasteiger partial charge in [-0.3, -0.25) is 20.2 Å². The van der Waals surface area contributed by atoms with Crippen LogP contribution < -0.4 is 16.4 Å². The van der Waals surface area contributed by atoms with E-state index in [0.717, 1.165) is 6.07 Å². The third-order valence-electron chi connectivity index (χ3n) is 3.37. The Kier molecular flexibility index (Phi) is 9.19. The maximum Gasteiger partial charge on any atom is 0.294 e. The number of aromatic hydroxyl groups is 1. The highest BCUT2D eigenvalue weighted by Crippen LogP contribution is 2.35. The van der Waals surface area contributed by atoms with Gasteiger partial charge in [-0.1, -0.05) is 23.2 Å². The Morgan fingerprint density at radius 1 is 1.03 bits per heavy atom. The van der Waals surface area contributed by atoms with Crippen LogP contribution in [0.4, 0.5) is 28.4 Å². The highest BCUT2D eigenvalue weighted by molar-refractivity contribution is 6.33. The fourth-order valence-corrected chi connectivity index (χ4v) is 2.53. The molecule has 0 fully saturated rings. The number of halogens is 2. The number of hydrogen-bond donors (Lipinski definition) is 5. The van der Waals surface area contributed by atoms with E-state index in [4.69, 9.17) is 34.0 Å². The first-order valence-electron chi connectivity index (χ1n) is 8.11. The zero-order valence-electron chi connectivity index (χ0n) is 15.2. The molecule has 0 aromatic heterocycles. The number of aliphatic hydroxyl groups excluding tert-OH is 1. The minimum absolute atomic E-state index is 0.0135. The molecule has 0 amide bonds. The Bertz CT molecular complexity index is 897. The molecule has 0 aliphatic carbocycles. The molecule has 0 spiro atoms. The van der Waals surface area contributed by atoms with Crippen LogP contribution in [0.1, 0.15) is 6.92 Å². The maximum absolute atomic E-state index is 10.6. The van der Waals surface area contributed by atoms with E-state index < -0.39 is 9.85 Å². The molecule has 0 radical (unpaired) electrons. The zero-order valence-corrected chi connectivity index (χ0v) is 16.7. The molecule has 0 aliphatic heterocycles. The molecule has 0 aliphatic rings. The van der Waals surface area contributed by atoms with Crippen molar-refractivity contribution in [2.45, 2.75) is 6.92 Å². The lowest BCUT2D eigenvalue weighted by Crippen LogP contribution is -2.07. The number of phenols is 1. The first-order chi connectivity index (χ1) is 13.6. The Morgan fingerprint density at radius 2 is 1.69 bits per heavy atom. The third-order valence-corrected chi connectivity index (χ3v) is 3.97. The summed E-state index contributed by atoms with van der Waals surface area (Å²) in [4.78, 5) is 19.9. The number of nitro benzene ring substituents is 2. The predicted molar refractivity (Wildman–Crippen MR) is 112 cm³/mol. The molecular formula is C16H19Cl2N5O6. The lowest BCUT2D eigenvalue weighted by molar-refractivity contribution is -0.384. The van der Waals surface area contributed by atoms with Gasteiger partial charge in [0.15, 0.2) is 5.75 Å². The number of nitrogens with one attached hydrogen (secondary N) is 2. The number of nitro groups is 2. The molecule has 2 aromatic carbocycles. The number of phenolic OH excluding ortho intramolecular Hbond substituents is 1. The van der Waals surface area contributed by atoms with Crippen LogP contribution in [0, 0.1) is 20.2 Å². The van der Waals surface area contributed by atoms with E-state index in [9.17, 15) is 25.3 Å². The van der Waals surface area contributed by atoms with Gasteiger partial charge in [-0.25, -0.2) is 0 Å². The Balaban J connectivity index is 0.000000291. The summed E-state index contributed by atoms with van der Waals surface area (Å²) in [6, 6.07) is 4.90. The van der Waals surface area contributed by atoms with Gasteiger partial charge in [-0.2, -0.15) is 0 Å². The van der Waals surface area contributed by atoms with Crippen LogP contribution in [0.5, 0.6) is 5.75 Å². The SMILES string of the molecule is CCNc1cc([N+](=O)[O-])cc(Cl)c1O.Nc1cc(Cl)c(NCCO)cc1[N+](=O)[O-]. The number of anilines is 3. The lowest BCUT2D eigenvalue weighted by Gasteiger charge is -2.07. The summed E-state index contributed by atoms with van der Waals surface area (Å²) in [6.45, 7) is 2.53. The van der Waals surface area contributed by atoms with Crippen LogP contribution >= 0.6 is 23.2 Å². The number of benzene rings is 2. The van der Waals surface area contributed by atoms with Crippen LogP contribution in [-0.2, 0) is 0 Å². The molecule has 2 aromatic rings. The first kappa shape index (κ1) is 24.0. The fourth-order valence-electron chi connectivity index (χ4n) is 2.08. The van der Waals surface area contributed by atoms with Gasteiger partial charge in [-0.05, 0) is 13.0 Å². The minimum Gasteiger partial charge on any atom is -0.504 e. The predicted octanol–water partition coefficient (Wildman–Crippen LogP) is 3.62. The van der Waals surface area contributed by atoms with Gasteiger partial charge >= 0.3 is 0 Å². The normalized spacial score (nSPS) is 9.93. The number of hydrogen-bond acceptors (Lipinski definition) is 9. The Morgan fingerprint density at radius 3 is 2.21 bits per heavy atom. The summed E-state index contributed by atoms with van der Waals surface area (Å²) in [5, 5.41) is 44.8. The Labute approximate surface area is 175 Å². The van der Waals surface area contributed by atoms with Gasteiger partial charge in [0.25, 0.3) is 11.4 Å². The maximum atomic E-state index is 10.6. The molecule has 11 nitrogen and oxygen atoms in total. The number of nitrogens with zero attached hydrogens (tertiary/aromatic N) is 2. The number of nitrogen functional groups attached to an aromatic ring is 1. The summed E-state index contributed by atoms with van der Waals surface area (Å²) in [5.74, 6) is -0.167. The van der Waals surface area contributed by atoms with Crippen molar-refractivity contribution in [2.24, 2.45) is 0 Å². The van der Waals surface area contributed by atoms with Crippen molar-refractivity contribution in [3.63, 3.8) is 0 Å². The van der Waals surface area contributed by atoms with Crippen LogP contribution in [0.25, 0.3) is 0 Å². The first-order valence-corrected chi connectivity index (χ1v) is 8.86. The summed E-state index contributed by atoms with van der Waals surface area (Å²) in [6.07, 6.45) is 0. The molecule has 0 unspecified atom stereocenters. The highest BCUT2D eigenvalue weighted by atomic mass is 35.5. The molecule has 29 heavy (non-hydrogen) atoms. The lowest BCUT2D eigenvalue weighted by atomic mass is 10.2. The van der Waals surface area contributed by atoms with E-state index in [2.05, 4.69) is 10.6 Å². The number of non-ortho nitro benzene ring substituents is 1. The van der Waals surface area contributed by atoms with Crippen molar-refractivity contribution >= 4 is 51.6 Å². The number of nitrogens with two attached hydrogens (primary N) is 1. The van der Waals surface area contributed by atoms with Gasteiger partial charge in [0.05, 0.1) is 37.9 Å². The van der Waals surface area contributed by atoms with E-state index in [-0.39, 0.29) is 51.7 Å². The number of aliphatic hydroxyl groups is 1. The molecule has 0 saturated heterocycles. The molecule has 0 heterocycles. The zero-order chi connectivity index (χ0) is 22.1. The van der Waals surface area contributed by atoms with Gasteiger partial charge in [0, 0.05) is 31.3 Å². The van der Waals surface area contributed by atoms with E-state index in [1.807, 2.05) is 6.92 Å². The molecule has 6 N–H and O–H groups in total. The van der Waals surface area contributed by atoms with Gasteiger partial charge in [0.1, 0.15) is 5.69 Å². The van der Waals surface area contributed by atoms with Crippen molar-refractivity contribution < 1.29 is 20.1 Å². The largest absolute Gasteiger partial charge is 0.504 e. The van der Waals surface area contributed by atoms with Crippen LogP contribution in [0.15, 0.2) is 24.3 Å². The van der Waals surface area contributed by atoms with Crippen LogP contribution in [0.3, 0.4) is 0 Å². The molecule has 0 bridgehead atoms. The minimum atomic E-state index is -0.588. The topological polar surface area (TPSA) is 177 Å². The second kappa shape index (κ2) is 11.1. The Hall–Kier alpha value is -3.02. The van der Waals surface area contributed by atoms with Gasteiger partial charge in [-0.15, -0.1) is 0 Å². The monoisotopic (exact) mass is 447 g/mol. The van der Waals surface area contributed by atoms with Crippen molar-refractivity contribution in [2.75, 3.05) is 36.1 Å². The van der Waals surface area contributed by atoms with Gasteiger partial charge in [0.2, 0.25) is 0 Å². The summed E-state index contributed by atoms with van der Waals surface area (Å²) in [7, 11) is 0. The standard InChI is InChI=1S/C8H10ClN3O3.C8H9ClN2O3/c9-5-3-6(10)8(12(14)15)4-7(5)11-1-2-13;1-2-10-7-4-5(11(13)14)3-6(9)8(7)12/h3-4,11,13H,1-2,10H2;3-4,10,12H,2H2,1H3. The number of rotatable bonds is 7. The van der Waals surface area contributed by atoms with Crippen LogP contribution in [0.2, 0.25) is 10.0 Å². The highest BCUT2D eigenvalue weighted by Gasteiger charge is 2.15. The second-order valence-corrected chi connectivity index (χ2v) is 6.22. The summed E-state index contributed by atoms with van der Waals surface area (Å²) < 4.78 is 0. The van der Waals surface area contributed by atoms with E-state index in [1.165, 1.54) is 18.2 Å². The van der Waals surface area contributed by atoms with Gasteiger partial charge < -0.3 is 26.6 Å². The molecular weight excluding hydrogens is 429 g/mol. The average Bonchev–Trinajstić information content (AvgIpc) is 2.65. The van der Waals surface area contributed by atoms with Crippen molar-refractivity contribution in [1.29, 1.82) is 0 Å². The van der Waals surface area contributed by atoms with Crippen molar-refractivity contribution in [3.05, 3.63) is 54.5 Å². The van der Waals surface area contributed by atoms with E-state index in [0.29, 0.717) is 12.2 Å². The van der Waals surface area contributed by atoms with E-state index in [1.54, 1.807) is 0 Å². The third kappa shape index (κ3) is 6.82. The summed E-state index contributed by atoms with van der Waals surface area (Å²) in [5.41, 5.74) is 5.72. The molecule has 0 atom stereocenters. The smallest absolute Gasteiger partial charge is 0.294 e. The summed E-state index contributed by atoms with van der Waals surface area (Å²) >= 11 is 11.4. The van der Waals surface area contributed by atoms with Crippen molar-refractivity contribution in [3.8, 4) is 5.75 Å². The molecule has 0 saturated carbocycles. The second-order valence-electron chi connectivity index (χ2n) is 5.41. The molecule has 13 heteroatoms.